The van der Waals surface area contributed by atoms with Crippen LogP contribution in [0.15, 0.2) is 152 Å². The summed E-state index contributed by atoms with van der Waals surface area (Å²) in [4.78, 5) is 0. The lowest BCUT2D eigenvalue weighted by molar-refractivity contribution is 1.17. The molecule has 0 spiro atoms. The molecule has 218 valence electrons. The highest BCUT2D eigenvalue weighted by Gasteiger charge is 2.19. The average Bonchev–Trinajstić information content (AvgIpc) is 3.78. The summed E-state index contributed by atoms with van der Waals surface area (Å²) in [5.74, 6) is 0. The summed E-state index contributed by atoms with van der Waals surface area (Å²) in [5.41, 5.74) is 9.52. The van der Waals surface area contributed by atoms with Gasteiger partial charge >= 0.3 is 0 Å². The van der Waals surface area contributed by atoms with Gasteiger partial charge in [-0.25, -0.2) is 0 Å². The van der Waals surface area contributed by atoms with E-state index in [-0.39, 0.29) is 0 Å². The highest BCUT2D eigenvalue weighted by Crippen LogP contribution is 2.42. The summed E-state index contributed by atoms with van der Waals surface area (Å²) < 4.78 is 7.29. The number of para-hydroxylation sites is 3. The molecule has 0 saturated heterocycles. The van der Waals surface area contributed by atoms with Crippen molar-refractivity contribution in [2.45, 2.75) is 0 Å². The van der Waals surface area contributed by atoms with E-state index in [1.807, 2.05) is 23.5 Å². The van der Waals surface area contributed by atoms with Crippen LogP contribution in [0, 0.1) is 11.3 Å². The quantitative estimate of drug-likeness (QED) is 0.195. The van der Waals surface area contributed by atoms with Crippen LogP contribution in [0.3, 0.4) is 0 Å². The third-order valence-electron chi connectivity index (χ3n) is 9.53. The van der Waals surface area contributed by atoms with E-state index < -0.39 is 0 Å². The van der Waals surface area contributed by atoms with Gasteiger partial charge in [0.25, 0.3) is 0 Å². The maximum absolute atomic E-state index is 10.1. The summed E-state index contributed by atoms with van der Waals surface area (Å²) in [6.45, 7) is 0. The van der Waals surface area contributed by atoms with Crippen molar-refractivity contribution < 1.29 is 0 Å². The summed E-state index contributed by atoms with van der Waals surface area (Å²) in [7, 11) is 0. The molecule has 0 atom stereocenters. The SMILES string of the molecule is N#Cc1ccc(-c2cccc(-n3c4ccccc4c4ccccc43)c2)c(-n2c3ccccc3c3cc4sc5ccccc5c4cc32)c1. The topological polar surface area (TPSA) is 33.6 Å². The van der Waals surface area contributed by atoms with Crippen molar-refractivity contribution in [3.8, 4) is 28.6 Å². The molecule has 47 heavy (non-hydrogen) atoms. The second-order valence-electron chi connectivity index (χ2n) is 12.1. The van der Waals surface area contributed by atoms with Crippen molar-refractivity contribution in [1.29, 1.82) is 5.26 Å². The number of rotatable bonds is 3. The largest absolute Gasteiger partial charge is 0.309 e. The van der Waals surface area contributed by atoms with Gasteiger partial charge in [0.1, 0.15) is 0 Å². The van der Waals surface area contributed by atoms with Gasteiger partial charge in [0, 0.05) is 53.0 Å². The van der Waals surface area contributed by atoms with Crippen LogP contribution in [0.5, 0.6) is 0 Å². The molecule has 0 fully saturated rings. The molecule has 7 aromatic carbocycles. The Morgan fingerprint density at radius 3 is 1.81 bits per heavy atom. The highest BCUT2D eigenvalue weighted by atomic mass is 32.1. The van der Waals surface area contributed by atoms with Crippen LogP contribution in [-0.2, 0) is 0 Å². The number of benzene rings is 7. The standard InChI is InChI=1S/C43H25N3S/c44-26-27-20-21-30(28-10-9-11-29(23-28)45-37-16-5-1-12-31(37)32-13-2-6-17-38(32)45)40(22-27)46-39-18-7-3-14-33(39)35-25-43-36(24-41(35)46)34-15-4-8-19-42(34)47-43/h1-25H. The van der Waals surface area contributed by atoms with Crippen molar-refractivity contribution in [2.24, 2.45) is 0 Å². The Balaban J connectivity index is 1.27. The van der Waals surface area contributed by atoms with Crippen molar-refractivity contribution in [3.05, 3.63) is 157 Å². The molecule has 0 saturated carbocycles. The molecule has 0 aliphatic heterocycles. The first kappa shape index (κ1) is 26.1. The third kappa shape index (κ3) is 3.78. The first-order valence-corrected chi connectivity index (χ1v) is 16.6. The lowest BCUT2D eigenvalue weighted by Crippen LogP contribution is -1.99. The van der Waals surface area contributed by atoms with E-state index in [0.29, 0.717) is 5.56 Å². The predicted octanol–water partition coefficient (Wildman–Crippen LogP) is 11.8. The van der Waals surface area contributed by atoms with Gasteiger partial charge in [-0.3, -0.25) is 0 Å². The molecular formula is C43H25N3S. The van der Waals surface area contributed by atoms with Gasteiger partial charge in [-0.05, 0) is 66.2 Å². The first-order chi connectivity index (χ1) is 23.3. The lowest BCUT2D eigenvalue weighted by Gasteiger charge is -2.16. The number of hydrogen-bond acceptors (Lipinski definition) is 2. The van der Waals surface area contributed by atoms with Crippen LogP contribution in [0.1, 0.15) is 5.56 Å². The van der Waals surface area contributed by atoms with E-state index in [4.69, 9.17) is 0 Å². The molecule has 10 aromatic rings. The van der Waals surface area contributed by atoms with Crippen LogP contribution >= 0.6 is 11.3 Å². The van der Waals surface area contributed by atoms with Crippen LogP contribution in [0.4, 0.5) is 0 Å². The molecule has 4 heteroatoms. The van der Waals surface area contributed by atoms with E-state index in [2.05, 4.69) is 155 Å². The van der Waals surface area contributed by atoms with E-state index in [1.165, 1.54) is 52.8 Å². The summed E-state index contributed by atoms with van der Waals surface area (Å²) >= 11 is 1.84. The Kier molecular flexibility index (Phi) is 5.51. The van der Waals surface area contributed by atoms with Crippen LogP contribution in [0.25, 0.3) is 86.3 Å². The smallest absolute Gasteiger partial charge is 0.0992 e. The number of aromatic nitrogens is 2. The monoisotopic (exact) mass is 615 g/mol. The maximum atomic E-state index is 10.1. The van der Waals surface area contributed by atoms with E-state index in [1.54, 1.807) is 0 Å². The van der Waals surface area contributed by atoms with Crippen LogP contribution in [0.2, 0.25) is 0 Å². The summed E-state index contributed by atoms with van der Waals surface area (Å²) in [5, 5.41) is 17.5. The number of thiophene rings is 1. The van der Waals surface area contributed by atoms with Crippen molar-refractivity contribution in [1.82, 2.24) is 9.13 Å². The van der Waals surface area contributed by atoms with E-state index >= 15 is 0 Å². The molecule has 0 bridgehead atoms. The average molecular weight is 616 g/mol. The lowest BCUT2D eigenvalue weighted by atomic mass is 10.0. The number of nitrogens with zero attached hydrogens (tertiary/aromatic N) is 3. The fourth-order valence-corrected chi connectivity index (χ4v) is 8.62. The van der Waals surface area contributed by atoms with Crippen molar-refractivity contribution in [2.75, 3.05) is 0 Å². The molecule has 0 amide bonds. The Morgan fingerprint density at radius 2 is 1.09 bits per heavy atom. The van der Waals surface area contributed by atoms with Gasteiger partial charge in [0.15, 0.2) is 0 Å². The molecule has 10 rings (SSSR count). The Morgan fingerprint density at radius 1 is 0.447 bits per heavy atom. The second kappa shape index (κ2) is 9.92. The van der Waals surface area contributed by atoms with Crippen molar-refractivity contribution >= 4 is 75.1 Å². The summed E-state index contributed by atoms with van der Waals surface area (Å²) in [6.07, 6.45) is 0. The zero-order valence-electron chi connectivity index (χ0n) is 25.2. The van der Waals surface area contributed by atoms with Gasteiger partial charge in [0.05, 0.1) is 39.4 Å². The number of fused-ring (bicyclic) bond motifs is 9. The van der Waals surface area contributed by atoms with E-state index in [9.17, 15) is 5.26 Å². The zero-order valence-corrected chi connectivity index (χ0v) is 26.0. The third-order valence-corrected chi connectivity index (χ3v) is 10.7. The Bertz CT molecular complexity index is 2880. The molecule has 0 aliphatic rings. The molecule has 3 aromatic heterocycles. The fourth-order valence-electron chi connectivity index (χ4n) is 7.49. The fraction of sp³-hybridized carbons (Fsp3) is 0. The van der Waals surface area contributed by atoms with Crippen LogP contribution in [-0.4, -0.2) is 9.13 Å². The van der Waals surface area contributed by atoms with Gasteiger partial charge in [0.2, 0.25) is 0 Å². The Labute approximate surface area is 274 Å². The minimum atomic E-state index is 0.635. The zero-order chi connectivity index (χ0) is 31.1. The summed E-state index contributed by atoms with van der Waals surface area (Å²) in [6, 6.07) is 56.5. The molecule has 0 N–H and O–H groups in total. The van der Waals surface area contributed by atoms with Crippen molar-refractivity contribution in [3.63, 3.8) is 0 Å². The molecule has 3 nitrogen and oxygen atoms in total. The van der Waals surface area contributed by atoms with Gasteiger partial charge in [-0.15, -0.1) is 11.3 Å². The second-order valence-corrected chi connectivity index (χ2v) is 13.2. The van der Waals surface area contributed by atoms with E-state index in [0.717, 1.165) is 33.5 Å². The van der Waals surface area contributed by atoms with Gasteiger partial charge in [-0.2, -0.15) is 5.26 Å². The normalized spacial score (nSPS) is 11.8. The molecule has 0 aliphatic carbocycles. The van der Waals surface area contributed by atoms with Gasteiger partial charge < -0.3 is 9.13 Å². The first-order valence-electron chi connectivity index (χ1n) is 15.7. The van der Waals surface area contributed by atoms with Crippen LogP contribution < -0.4 is 0 Å². The molecular weight excluding hydrogens is 591 g/mol. The Hall–Kier alpha value is -6.15. The number of hydrogen-bond donors (Lipinski definition) is 0. The molecule has 0 radical (unpaired) electrons. The molecule has 3 heterocycles. The van der Waals surface area contributed by atoms with Gasteiger partial charge in [-0.1, -0.05) is 91.0 Å². The molecule has 0 unspecified atom stereocenters. The maximum Gasteiger partial charge on any atom is 0.0992 e. The number of nitriles is 1. The highest BCUT2D eigenvalue weighted by molar-refractivity contribution is 7.25. The minimum absolute atomic E-state index is 0.635. The minimum Gasteiger partial charge on any atom is -0.309 e. The predicted molar refractivity (Wildman–Crippen MR) is 198 cm³/mol.